The van der Waals surface area contributed by atoms with Gasteiger partial charge in [-0.05, 0) is 43.9 Å². The molecular weight excluding hydrogens is 244 g/mol. The van der Waals surface area contributed by atoms with E-state index in [4.69, 9.17) is 15.6 Å². The summed E-state index contributed by atoms with van der Waals surface area (Å²) >= 11 is 0. The number of anilines is 2. The minimum absolute atomic E-state index is 0.241. The molecule has 0 radical (unpaired) electrons. The van der Waals surface area contributed by atoms with E-state index in [9.17, 15) is 4.79 Å². The molecule has 1 atom stereocenters. The van der Waals surface area contributed by atoms with Crippen LogP contribution in [-0.2, 0) is 4.74 Å². The van der Waals surface area contributed by atoms with Gasteiger partial charge in [-0.25, -0.2) is 4.79 Å². The minimum atomic E-state index is -0.946. The lowest BCUT2D eigenvalue weighted by molar-refractivity contribution is 0.0134. The molecule has 1 unspecified atom stereocenters. The second-order valence-corrected chi connectivity index (χ2v) is 4.81. The predicted molar refractivity (Wildman–Crippen MR) is 74.5 cm³/mol. The number of carbonyl (C=O) groups is 1. The highest BCUT2D eigenvalue weighted by Gasteiger charge is 2.13. The van der Waals surface area contributed by atoms with Gasteiger partial charge in [0.1, 0.15) is 0 Å². The highest BCUT2D eigenvalue weighted by Crippen LogP contribution is 2.21. The molecule has 2 rings (SSSR count). The number of hydrogen-bond donors (Lipinski definition) is 3. The van der Waals surface area contributed by atoms with Gasteiger partial charge in [-0.15, -0.1) is 0 Å². The fourth-order valence-electron chi connectivity index (χ4n) is 2.25. The first kappa shape index (κ1) is 13.7. The van der Waals surface area contributed by atoms with Crippen molar-refractivity contribution < 1.29 is 14.6 Å². The van der Waals surface area contributed by atoms with Crippen LogP contribution in [0.15, 0.2) is 18.2 Å². The molecule has 4 N–H and O–H groups in total. The highest BCUT2D eigenvalue weighted by molar-refractivity contribution is 5.90. The zero-order valence-corrected chi connectivity index (χ0v) is 10.9. The zero-order chi connectivity index (χ0) is 13.7. The lowest BCUT2D eigenvalue weighted by atomic mass is 10.1. The van der Waals surface area contributed by atoms with Gasteiger partial charge in [-0.3, -0.25) is 0 Å². The maximum absolute atomic E-state index is 10.9. The van der Waals surface area contributed by atoms with E-state index in [0.29, 0.717) is 17.5 Å². The topological polar surface area (TPSA) is 84.6 Å². The molecule has 1 fully saturated rings. The summed E-state index contributed by atoms with van der Waals surface area (Å²) < 4.78 is 5.64. The summed E-state index contributed by atoms with van der Waals surface area (Å²) in [6.07, 6.45) is 4.70. The Labute approximate surface area is 112 Å². The maximum atomic E-state index is 10.9. The van der Waals surface area contributed by atoms with Crippen molar-refractivity contribution in [2.45, 2.75) is 31.8 Å². The summed E-state index contributed by atoms with van der Waals surface area (Å²) in [6.45, 7) is 1.58. The molecule has 0 amide bonds. The predicted octanol–water partition coefficient (Wildman–Crippen LogP) is 2.34. The average molecular weight is 264 g/mol. The Morgan fingerprint density at radius 3 is 3.00 bits per heavy atom. The summed E-state index contributed by atoms with van der Waals surface area (Å²) in [5.74, 6) is -0.946. The molecule has 0 spiro atoms. The molecule has 0 aromatic heterocycles. The number of carboxylic acid groups (broad SMARTS) is 1. The van der Waals surface area contributed by atoms with Gasteiger partial charge in [-0.1, -0.05) is 0 Å². The zero-order valence-electron chi connectivity index (χ0n) is 10.9. The molecule has 1 aromatic rings. The Hall–Kier alpha value is -1.75. The lowest BCUT2D eigenvalue weighted by Crippen LogP contribution is -2.22. The van der Waals surface area contributed by atoms with Crippen molar-refractivity contribution in [2.75, 3.05) is 24.2 Å². The Morgan fingerprint density at radius 1 is 1.47 bits per heavy atom. The number of rotatable bonds is 5. The van der Waals surface area contributed by atoms with Crippen LogP contribution in [-0.4, -0.2) is 30.3 Å². The van der Waals surface area contributed by atoms with E-state index < -0.39 is 5.97 Å². The van der Waals surface area contributed by atoms with Gasteiger partial charge in [0, 0.05) is 13.2 Å². The lowest BCUT2D eigenvalue weighted by Gasteiger charge is -2.22. The number of benzene rings is 1. The number of hydrogen-bond acceptors (Lipinski definition) is 4. The Balaban J connectivity index is 1.87. The first-order valence-corrected chi connectivity index (χ1v) is 6.65. The van der Waals surface area contributed by atoms with Crippen molar-refractivity contribution in [2.24, 2.45) is 0 Å². The Kier molecular flexibility index (Phi) is 4.63. The van der Waals surface area contributed by atoms with Crippen LogP contribution in [0.4, 0.5) is 11.4 Å². The number of nitrogens with two attached hydrogens (primary N) is 1. The first-order chi connectivity index (χ1) is 9.16. The van der Waals surface area contributed by atoms with Gasteiger partial charge in [0.2, 0.25) is 0 Å². The molecule has 19 heavy (non-hydrogen) atoms. The second kappa shape index (κ2) is 6.43. The van der Waals surface area contributed by atoms with E-state index >= 15 is 0 Å². The normalized spacial score (nSPS) is 19.1. The monoisotopic (exact) mass is 264 g/mol. The smallest absolute Gasteiger partial charge is 0.335 e. The van der Waals surface area contributed by atoms with Crippen LogP contribution in [0.25, 0.3) is 0 Å². The standard InChI is InChI=1S/C14H20N2O3/c15-12-5-4-10(14(17)18)9-13(12)16-7-6-11-3-1-2-8-19-11/h4-5,9,11,16H,1-3,6-8,15H2,(H,17,18). The van der Waals surface area contributed by atoms with Gasteiger partial charge < -0.3 is 20.9 Å². The molecule has 5 heteroatoms. The molecule has 5 nitrogen and oxygen atoms in total. The number of nitrogens with one attached hydrogen (secondary N) is 1. The third-order valence-electron chi connectivity index (χ3n) is 3.36. The van der Waals surface area contributed by atoms with Crippen LogP contribution >= 0.6 is 0 Å². The molecule has 1 heterocycles. The van der Waals surface area contributed by atoms with Gasteiger partial charge >= 0.3 is 5.97 Å². The molecule has 1 aromatic carbocycles. The van der Waals surface area contributed by atoms with E-state index in [1.54, 1.807) is 12.1 Å². The number of aromatic carboxylic acids is 1. The van der Waals surface area contributed by atoms with Crippen molar-refractivity contribution in [3.63, 3.8) is 0 Å². The Morgan fingerprint density at radius 2 is 2.32 bits per heavy atom. The van der Waals surface area contributed by atoms with E-state index in [0.717, 1.165) is 32.4 Å². The van der Waals surface area contributed by atoms with Gasteiger partial charge in [0.15, 0.2) is 0 Å². The van der Waals surface area contributed by atoms with Gasteiger partial charge in [-0.2, -0.15) is 0 Å². The van der Waals surface area contributed by atoms with Crippen molar-refractivity contribution in [3.8, 4) is 0 Å². The van der Waals surface area contributed by atoms with Crippen LogP contribution in [0.5, 0.6) is 0 Å². The van der Waals surface area contributed by atoms with Crippen LogP contribution in [0.2, 0.25) is 0 Å². The highest BCUT2D eigenvalue weighted by atomic mass is 16.5. The van der Waals surface area contributed by atoms with E-state index in [2.05, 4.69) is 5.32 Å². The summed E-state index contributed by atoms with van der Waals surface area (Å²) in [6, 6.07) is 4.69. The van der Waals surface area contributed by atoms with E-state index in [-0.39, 0.29) is 5.56 Å². The third-order valence-corrected chi connectivity index (χ3v) is 3.36. The minimum Gasteiger partial charge on any atom is -0.478 e. The molecule has 0 saturated carbocycles. The summed E-state index contributed by atoms with van der Waals surface area (Å²) in [5.41, 5.74) is 7.30. The van der Waals surface area contributed by atoms with E-state index in [1.807, 2.05) is 0 Å². The second-order valence-electron chi connectivity index (χ2n) is 4.81. The van der Waals surface area contributed by atoms with Crippen LogP contribution in [0, 0.1) is 0 Å². The number of ether oxygens (including phenoxy) is 1. The molecule has 104 valence electrons. The van der Waals surface area contributed by atoms with Crippen LogP contribution < -0.4 is 11.1 Å². The molecule has 0 bridgehead atoms. The largest absolute Gasteiger partial charge is 0.478 e. The van der Waals surface area contributed by atoms with Crippen molar-refractivity contribution in [1.29, 1.82) is 0 Å². The summed E-state index contributed by atoms with van der Waals surface area (Å²) in [5, 5.41) is 12.1. The van der Waals surface area contributed by atoms with Crippen LogP contribution in [0.1, 0.15) is 36.0 Å². The molecule has 1 aliphatic heterocycles. The maximum Gasteiger partial charge on any atom is 0.335 e. The fourth-order valence-corrected chi connectivity index (χ4v) is 2.25. The fraction of sp³-hybridized carbons (Fsp3) is 0.500. The SMILES string of the molecule is Nc1ccc(C(=O)O)cc1NCCC1CCCCO1. The first-order valence-electron chi connectivity index (χ1n) is 6.65. The molecule has 1 saturated heterocycles. The van der Waals surface area contributed by atoms with Crippen molar-refractivity contribution in [3.05, 3.63) is 23.8 Å². The summed E-state index contributed by atoms with van der Waals surface area (Å²) in [4.78, 5) is 10.9. The van der Waals surface area contributed by atoms with Crippen LogP contribution in [0.3, 0.4) is 0 Å². The van der Waals surface area contributed by atoms with Gasteiger partial charge in [0.05, 0.1) is 23.0 Å². The number of nitrogen functional groups attached to an aromatic ring is 1. The molecule has 0 aliphatic carbocycles. The summed E-state index contributed by atoms with van der Waals surface area (Å²) in [7, 11) is 0. The van der Waals surface area contributed by atoms with Crippen molar-refractivity contribution in [1.82, 2.24) is 0 Å². The quantitative estimate of drug-likeness (QED) is 0.711. The van der Waals surface area contributed by atoms with Crippen molar-refractivity contribution >= 4 is 17.3 Å². The van der Waals surface area contributed by atoms with E-state index in [1.165, 1.54) is 12.5 Å². The number of carboxylic acids is 1. The molecule has 1 aliphatic rings. The molecular formula is C14H20N2O3. The average Bonchev–Trinajstić information content (AvgIpc) is 2.42. The Bertz CT molecular complexity index is 442. The third kappa shape index (κ3) is 3.86. The van der Waals surface area contributed by atoms with Gasteiger partial charge in [0.25, 0.3) is 0 Å².